The van der Waals surface area contributed by atoms with Crippen LogP contribution in [0.3, 0.4) is 0 Å². The molecular weight excluding hydrogens is 208 g/mol. The van der Waals surface area contributed by atoms with Crippen molar-refractivity contribution in [2.24, 2.45) is 5.41 Å². The summed E-state index contributed by atoms with van der Waals surface area (Å²) in [5.74, 6) is -1.03. The Hall–Kier alpha value is -1.26. The third-order valence-electron chi connectivity index (χ3n) is 1.88. The predicted molar refractivity (Wildman–Crippen MR) is 62.3 cm³/mol. The minimum absolute atomic E-state index is 0.384. The van der Waals surface area contributed by atoms with E-state index in [2.05, 4.69) is 10.6 Å². The first-order chi connectivity index (χ1) is 6.93. The standard InChI is InChI=1S/C11H22N2O3/c1-10(2,3)7(8(14)15)12-9(16)13-11(4,5)6/h7H,1-6H3,(H,14,15)(H2,12,13,16)/t7-/m1/s1. The summed E-state index contributed by atoms with van der Waals surface area (Å²) in [6.07, 6.45) is 0. The van der Waals surface area contributed by atoms with E-state index in [1.165, 1.54) is 0 Å². The van der Waals surface area contributed by atoms with Gasteiger partial charge in [-0.2, -0.15) is 0 Å². The number of rotatable bonds is 2. The average Bonchev–Trinajstić information content (AvgIpc) is 1.93. The van der Waals surface area contributed by atoms with Crippen molar-refractivity contribution in [2.45, 2.75) is 53.1 Å². The van der Waals surface area contributed by atoms with Crippen LogP contribution < -0.4 is 10.6 Å². The molecule has 5 heteroatoms. The number of hydrogen-bond donors (Lipinski definition) is 3. The van der Waals surface area contributed by atoms with Gasteiger partial charge >= 0.3 is 12.0 Å². The Labute approximate surface area is 96.6 Å². The van der Waals surface area contributed by atoms with Gasteiger partial charge in [-0.1, -0.05) is 20.8 Å². The third-order valence-corrected chi connectivity index (χ3v) is 1.88. The van der Waals surface area contributed by atoms with Crippen molar-refractivity contribution in [2.75, 3.05) is 0 Å². The minimum Gasteiger partial charge on any atom is -0.480 e. The Kier molecular flexibility index (Phi) is 4.35. The number of carboxylic acids is 1. The highest BCUT2D eigenvalue weighted by Crippen LogP contribution is 2.19. The molecule has 0 aromatic carbocycles. The summed E-state index contributed by atoms with van der Waals surface area (Å²) in [7, 11) is 0. The van der Waals surface area contributed by atoms with E-state index in [1.807, 2.05) is 20.8 Å². The van der Waals surface area contributed by atoms with E-state index in [0.717, 1.165) is 0 Å². The summed E-state index contributed by atoms with van der Waals surface area (Å²) >= 11 is 0. The van der Waals surface area contributed by atoms with Gasteiger partial charge in [-0.05, 0) is 26.2 Å². The summed E-state index contributed by atoms with van der Waals surface area (Å²) in [6, 6.07) is -1.37. The van der Waals surface area contributed by atoms with Gasteiger partial charge in [-0.3, -0.25) is 0 Å². The van der Waals surface area contributed by atoms with Crippen molar-refractivity contribution in [1.29, 1.82) is 0 Å². The van der Waals surface area contributed by atoms with Crippen LogP contribution in [0.5, 0.6) is 0 Å². The van der Waals surface area contributed by atoms with Gasteiger partial charge in [0.25, 0.3) is 0 Å². The first kappa shape index (κ1) is 14.7. The Balaban J connectivity index is 4.56. The van der Waals surface area contributed by atoms with E-state index in [4.69, 9.17) is 5.11 Å². The van der Waals surface area contributed by atoms with Crippen LogP contribution in [0.4, 0.5) is 4.79 Å². The molecule has 0 heterocycles. The second kappa shape index (κ2) is 4.72. The molecule has 0 aliphatic rings. The van der Waals surface area contributed by atoms with Crippen molar-refractivity contribution in [1.82, 2.24) is 10.6 Å². The maximum atomic E-state index is 11.5. The summed E-state index contributed by atoms with van der Waals surface area (Å²) in [4.78, 5) is 22.5. The normalized spacial score (nSPS) is 14.1. The molecule has 0 fully saturated rings. The quantitative estimate of drug-likeness (QED) is 0.674. The topological polar surface area (TPSA) is 78.4 Å². The van der Waals surface area contributed by atoms with E-state index in [1.54, 1.807) is 20.8 Å². The lowest BCUT2D eigenvalue weighted by Gasteiger charge is -2.29. The summed E-state index contributed by atoms with van der Waals surface area (Å²) in [5.41, 5.74) is -0.911. The van der Waals surface area contributed by atoms with Crippen LogP contribution in [0.25, 0.3) is 0 Å². The Morgan fingerprint density at radius 3 is 1.75 bits per heavy atom. The van der Waals surface area contributed by atoms with Crippen LogP contribution in [0.15, 0.2) is 0 Å². The van der Waals surface area contributed by atoms with Crippen molar-refractivity contribution < 1.29 is 14.7 Å². The predicted octanol–water partition coefficient (Wildman–Crippen LogP) is 1.58. The van der Waals surface area contributed by atoms with Gasteiger partial charge in [-0.25, -0.2) is 9.59 Å². The second-order valence-corrected chi connectivity index (χ2v) is 5.99. The first-order valence-corrected chi connectivity index (χ1v) is 5.25. The highest BCUT2D eigenvalue weighted by Gasteiger charge is 2.33. The van der Waals surface area contributed by atoms with Gasteiger partial charge in [0.2, 0.25) is 0 Å². The molecule has 0 aromatic rings. The van der Waals surface area contributed by atoms with Gasteiger partial charge in [0, 0.05) is 5.54 Å². The van der Waals surface area contributed by atoms with E-state index in [0.29, 0.717) is 0 Å². The largest absolute Gasteiger partial charge is 0.480 e. The number of aliphatic carboxylic acids is 1. The van der Waals surface area contributed by atoms with Crippen LogP contribution >= 0.6 is 0 Å². The number of urea groups is 1. The zero-order valence-corrected chi connectivity index (χ0v) is 10.8. The van der Waals surface area contributed by atoms with Gasteiger partial charge in [0.1, 0.15) is 6.04 Å². The lowest BCUT2D eigenvalue weighted by Crippen LogP contribution is -2.55. The van der Waals surface area contributed by atoms with E-state index < -0.39 is 23.5 Å². The molecule has 16 heavy (non-hydrogen) atoms. The number of carbonyl (C=O) groups excluding carboxylic acids is 1. The lowest BCUT2D eigenvalue weighted by molar-refractivity contribution is -0.141. The highest BCUT2D eigenvalue weighted by molar-refractivity contribution is 5.83. The number of nitrogens with one attached hydrogen (secondary N) is 2. The van der Waals surface area contributed by atoms with Crippen molar-refractivity contribution in [3.8, 4) is 0 Å². The highest BCUT2D eigenvalue weighted by atomic mass is 16.4. The lowest BCUT2D eigenvalue weighted by atomic mass is 9.87. The molecule has 0 unspecified atom stereocenters. The fourth-order valence-electron chi connectivity index (χ4n) is 1.16. The van der Waals surface area contributed by atoms with Crippen LogP contribution in [-0.4, -0.2) is 28.7 Å². The molecule has 0 saturated carbocycles. The molecule has 0 radical (unpaired) electrons. The van der Waals surface area contributed by atoms with Gasteiger partial charge in [0.15, 0.2) is 0 Å². The van der Waals surface area contributed by atoms with Crippen LogP contribution in [0, 0.1) is 5.41 Å². The number of amides is 2. The molecule has 0 aromatic heterocycles. The van der Waals surface area contributed by atoms with Gasteiger partial charge in [0.05, 0.1) is 0 Å². The summed E-state index contributed by atoms with van der Waals surface area (Å²) < 4.78 is 0. The molecule has 0 rings (SSSR count). The minimum atomic E-state index is -1.03. The van der Waals surface area contributed by atoms with Crippen LogP contribution in [-0.2, 0) is 4.79 Å². The molecule has 3 N–H and O–H groups in total. The number of carbonyl (C=O) groups is 2. The van der Waals surface area contributed by atoms with Crippen LogP contribution in [0.2, 0.25) is 0 Å². The molecule has 0 bridgehead atoms. The maximum Gasteiger partial charge on any atom is 0.326 e. The maximum absolute atomic E-state index is 11.5. The van der Waals surface area contributed by atoms with Crippen molar-refractivity contribution >= 4 is 12.0 Å². The second-order valence-electron chi connectivity index (χ2n) is 5.99. The molecule has 0 saturated heterocycles. The van der Waals surface area contributed by atoms with E-state index >= 15 is 0 Å². The zero-order chi connectivity index (χ0) is 13.1. The zero-order valence-electron chi connectivity index (χ0n) is 10.8. The van der Waals surface area contributed by atoms with Gasteiger partial charge < -0.3 is 15.7 Å². The van der Waals surface area contributed by atoms with Gasteiger partial charge in [-0.15, -0.1) is 0 Å². The third kappa shape index (κ3) is 5.58. The Morgan fingerprint density at radius 2 is 1.50 bits per heavy atom. The fraction of sp³-hybridized carbons (Fsp3) is 0.818. The Bertz CT molecular complexity index is 274. The molecule has 0 aliphatic carbocycles. The average molecular weight is 230 g/mol. The molecule has 0 spiro atoms. The Morgan fingerprint density at radius 1 is 1.06 bits per heavy atom. The monoisotopic (exact) mass is 230 g/mol. The smallest absolute Gasteiger partial charge is 0.326 e. The van der Waals surface area contributed by atoms with E-state index in [-0.39, 0.29) is 5.54 Å². The SMILES string of the molecule is CC(C)(C)NC(=O)N[C@H](C(=O)O)C(C)(C)C. The molecule has 2 amide bonds. The molecule has 5 nitrogen and oxygen atoms in total. The molecular formula is C11H22N2O3. The number of hydrogen-bond acceptors (Lipinski definition) is 2. The van der Waals surface area contributed by atoms with Crippen molar-refractivity contribution in [3.63, 3.8) is 0 Å². The summed E-state index contributed by atoms with van der Waals surface area (Å²) in [6.45, 7) is 10.8. The fourth-order valence-corrected chi connectivity index (χ4v) is 1.16. The number of carboxylic acid groups (broad SMARTS) is 1. The van der Waals surface area contributed by atoms with E-state index in [9.17, 15) is 9.59 Å². The van der Waals surface area contributed by atoms with Crippen LogP contribution in [0.1, 0.15) is 41.5 Å². The molecule has 94 valence electrons. The van der Waals surface area contributed by atoms with Crippen molar-refractivity contribution in [3.05, 3.63) is 0 Å². The molecule has 1 atom stereocenters. The molecule has 0 aliphatic heterocycles. The first-order valence-electron chi connectivity index (χ1n) is 5.25. The summed E-state index contributed by atoms with van der Waals surface area (Å²) in [5, 5.41) is 14.1.